The molecule has 0 spiro atoms. The van der Waals surface area contributed by atoms with E-state index in [9.17, 15) is 40.2 Å². The van der Waals surface area contributed by atoms with Crippen LogP contribution in [0, 0.1) is 5.41 Å². The number of aliphatic carboxylic acids is 2. The fourth-order valence-electron chi connectivity index (χ4n) is 3.64. The van der Waals surface area contributed by atoms with Crippen LogP contribution < -0.4 is 0 Å². The van der Waals surface area contributed by atoms with E-state index >= 15 is 0 Å². The highest BCUT2D eigenvalue weighted by molar-refractivity contribution is 5.74. The van der Waals surface area contributed by atoms with Gasteiger partial charge in [-0.15, -0.1) is 0 Å². The number of aliphatic hydroxyl groups is 4. The number of hydrogen-bond donors (Lipinski definition) is 6. The SMILES string of the molecule is CCC(C)(C)OC(C(C)O)C(OC(OC1C(C(=O)O)OC(C(C)(C)C)C(O)C1O)C(C)O)C(=O)O. The van der Waals surface area contributed by atoms with Crippen molar-refractivity contribution in [2.45, 2.75) is 129 Å². The van der Waals surface area contributed by atoms with Crippen LogP contribution in [0.3, 0.4) is 0 Å². The minimum Gasteiger partial charge on any atom is -0.479 e. The van der Waals surface area contributed by atoms with Crippen molar-refractivity contribution in [1.29, 1.82) is 0 Å². The molecule has 0 bridgehead atoms. The molecule has 206 valence electrons. The van der Waals surface area contributed by atoms with Crippen molar-refractivity contribution < 1.29 is 59.2 Å². The first-order valence-electron chi connectivity index (χ1n) is 11.7. The fraction of sp³-hybridized carbons (Fsp3) is 0.913. The predicted octanol–water partition coefficient (Wildman–Crippen LogP) is 0.123. The third kappa shape index (κ3) is 8.32. The molecule has 0 aromatic heterocycles. The maximum absolute atomic E-state index is 12.1. The van der Waals surface area contributed by atoms with E-state index in [4.69, 9.17) is 18.9 Å². The molecule has 12 heteroatoms. The zero-order valence-electron chi connectivity index (χ0n) is 21.6. The molecule has 0 aromatic carbocycles. The molecule has 0 aromatic rings. The van der Waals surface area contributed by atoms with E-state index in [2.05, 4.69) is 0 Å². The van der Waals surface area contributed by atoms with Gasteiger partial charge in [0.15, 0.2) is 18.5 Å². The zero-order valence-corrected chi connectivity index (χ0v) is 21.6. The monoisotopic (exact) mass is 510 g/mol. The summed E-state index contributed by atoms with van der Waals surface area (Å²) in [7, 11) is 0. The Morgan fingerprint density at radius 3 is 1.89 bits per heavy atom. The molecule has 1 aliphatic heterocycles. The summed E-state index contributed by atoms with van der Waals surface area (Å²) in [5.74, 6) is -3.02. The van der Waals surface area contributed by atoms with Crippen molar-refractivity contribution in [3.8, 4) is 0 Å². The van der Waals surface area contributed by atoms with Gasteiger partial charge in [0.05, 0.1) is 17.8 Å². The first kappa shape index (κ1) is 31.6. The highest BCUT2D eigenvalue weighted by Crippen LogP contribution is 2.35. The van der Waals surface area contributed by atoms with Crippen LogP contribution >= 0.6 is 0 Å². The van der Waals surface area contributed by atoms with Crippen LogP contribution in [0.1, 0.15) is 61.8 Å². The van der Waals surface area contributed by atoms with Crippen LogP contribution in [0.15, 0.2) is 0 Å². The number of carboxylic acid groups (broad SMARTS) is 2. The summed E-state index contributed by atoms with van der Waals surface area (Å²) in [5, 5.41) is 61.2. The number of carboxylic acids is 2. The summed E-state index contributed by atoms with van der Waals surface area (Å²) in [4.78, 5) is 24.0. The van der Waals surface area contributed by atoms with Gasteiger partial charge in [-0.05, 0) is 39.5 Å². The van der Waals surface area contributed by atoms with E-state index in [1.807, 2.05) is 6.92 Å². The molecule has 0 saturated carbocycles. The Bertz CT molecular complexity index is 701. The Kier molecular flexibility index (Phi) is 11.1. The van der Waals surface area contributed by atoms with Crippen molar-refractivity contribution >= 4 is 11.9 Å². The zero-order chi connectivity index (χ0) is 27.5. The lowest BCUT2D eigenvalue weighted by Crippen LogP contribution is -2.64. The Balaban J connectivity index is 3.27. The third-order valence-electron chi connectivity index (χ3n) is 5.97. The minimum atomic E-state index is -1.84. The largest absolute Gasteiger partial charge is 0.479 e. The Morgan fingerprint density at radius 2 is 1.51 bits per heavy atom. The second kappa shape index (κ2) is 12.2. The third-order valence-corrected chi connectivity index (χ3v) is 5.97. The van der Waals surface area contributed by atoms with E-state index in [0.29, 0.717) is 6.42 Å². The highest BCUT2D eigenvalue weighted by Gasteiger charge is 2.53. The molecule has 35 heavy (non-hydrogen) atoms. The first-order valence-corrected chi connectivity index (χ1v) is 11.7. The number of ether oxygens (including phenoxy) is 4. The Labute approximate surface area is 205 Å². The van der Waals surface area contributed by atoms with Crippen molar-refractivity contribution in [2.24, 2.45) is 5.41 Å². The van der Waals surface area contributed by atoms with Crippen molar-refractivity contribution in [1.82, 2.24) is 0 Å². The van der Waals surface area contributed by atoms with Gasteiger partial charge in [-0.25, -0.2) is 9.59 Å². The first-order chi connectivity index (χ1) is 15.8. The quantitative estimate of drug-likeness (QED) is 0.195. The van der Waals surface area contributed by atoms with Gasteiger partial charge in [0.2, 0.25) is 0 Å². The molecular formula is C23H42O12. The molecule has 1 rings (SSSR count). The summed E-state index contributed by atoms with van der Waals surface area (Å²) in [6, 6.07) is 0. The number of carbonyl (C=O) groups is 2. The summed E-state index contributed by atoms with van der Waals surface area (Å²) < 4.78 is 22.4. The molecule has 0 radical (unpaired) electrons. The Hall–Kier alpha value is -1.38. The van der Waals surface area contributed by atoms with Crippen LogP contribution in [0.2, 0.25) is 0 Å². The summed E-state index contributed by atoms with van der Waals surface area (Å²) >= 11 is 0. The number of aliphatic hydroxyl groups excluding tert-OH is 4. The lowest BCUT2D eigenvalue weighted by atomic mass is 9.80. The normalized spacial score (nSPS) is 30.2. The van der Waals surface area contributed by atoms with E-state index in [1.165, 1.54) is 13.8 Å². The minimum absolute atomic E-state index is 0.484. The van der Waals surface area contributed by atoms with Crippen molar-refractivity contribution in [2.75, 3.05) is 0 Å². The summed E-state index contributed by atoms with van der Waals surface area (Å²) in [5.41, 5.74) is -1.56. The Morgan fingerprint density at radius 1 is 0.971 bits per heavy atom. The number of hydrogen-bond acceptors (Lipinski definition) is 10. The van der Waals surface area contributed by atoms with Gasteiger partial charge in [-0.2, -0.15) is 0 Å². The second-order valence-corrected chi connectivity index (χ2v) is 10.7. The topological polar surface area (TPSA) is 192 Å². The van der Waals surface area contributed by atoms with Gasteiger partial charge in [-0.3, -0.25) is 0 Å². The molecule has 1 heterocycles. The number of rotatable bonds is 12. The standard InChI is InChI=1S/C23H42O12/c1-9-23(7,8)35-14(10(2)24)16(19(28)29)34-21(11(3)25)33-15-12(26)13(27)18(22(4,5)6)32-17(15)20(30)31/h10-18,21,24-27H,9H2,1-8H3,(H,28,29)(H,30,31). The van der Waals surface area contributed by atoms with Crippen LogP contribution in [0.5, 0.6) is 0 Å². The average molecular weight is 511 g/mol. The van der Waals surface area contributed by atoms with Gasteiger partial charge in [0, 0.05) is 0 Å². The molecule has 1 saturated heterocycles. The fourth-order valence-corrected chi connectivity index (χ4v) is 3.64. The second-order valence-electron chi connectivity index (χ2n) is 10.7. The van der Waals surface area contributed by atoms with E-state index < -0.39 is 84.2 Å². The maximum atomic E-state index is 12.1. The molecule has 12 nitrogen and oxygen atoms in total. The van der Waals surface area contributed by atoms with Crippen LogP contribution in [-0.4, -0.2) is 109 Å². The van der Waals surface area contributed by atoms with Crippen LogP contribution in [0.4, 0.5) is 0 Å². The van der Waals surface area contributed by atoms with E-state index in [-0.39, 0.29) is 0 Å². The molecular weight excluding hydrogens is 468 g/mol. The summed E-state index contributed by atoms with van der Waals surface area (Å²) in [6.07, 6.45) is -15.2. The molecule has 10 atom stereocenters. The van der Waals surface area contributed by atoms with Crippen molar-refractivity contribution in [3.63, 3.8) is 0 Å². The predicted molar refractivity (Wildman–Crippen MR) is 122 cm³/mol. The lowest BCUT2D eigenvalue weighted by molar-refractivity contribution is -0.312. The van der Waals surface area contributed by atoms with E-state index in [0.717, 1.165) is 0 Å². The lowest BCUT2D eigenvalue weighted by Gasteiger charge is -2.46. The summed E-state index contributed by atoms with van der Waals surface area (Å²) in [6.45, 7) is 12.8. The molecule has 10 unspecified atom stereocenters. The van der Waals surface area contributed by atoms with Gasteiger partial charge in [0.25, 0.3) is 0 Å². The van der Waals surface area contributed by atoms with Gasteiger partial charge < -0.3 is 49.6 Å². The molecule has 0 amide bonds. The molecule has 0 aliphatic carbocycles. The van der Waals surface area contributed by atoms with Crippen LogP contribution in [-0.2, 0) is 28.5 Å². The van der Waals surface area contributed by atoms with Gasteiger partial charge in [-0.1, -0.05) is 27.7 Å². The smallest absolute Gasteiger partial charge is 0.335 e. The van der Waals surface area contributed by atoms with E-state index in [1.54, 1.807) is 34.6 Å². The van der Waals surface area contributed by atoms with Crippen LogP contribution in [0.25, 0.3) is 0 Å². The van der Waals surface area contributed by atoms with Gasteiger partial charge in [0.1, 0.15) is 30.5 Å². The molecule has 6 N–H and O–H groups in total. The molecule has 1 aliphatic rings. The molecule has 1 fully saturated rings. The highest BCUT2D eigenvalue weighted by atomic mass is 16.7. The van der Waals surface area contributed by atoms with Gasteiger partial charge >= 0.3 is 11.9 Å². The average Bonchev–Trinajstić information content (AvgIpc) is 2.70. The maximum Gasteiger partial charge on any atom is 0.335 e. The van der Waals surface area contributed by atoms with Crippen molar-refractivity contribution in [3.05, 3.63) is 0 Å².